The molecular formula is C19H25NO2. The maximum atomic E-state index is 12.4. The summed E-state index contributed by atoms with van der Waals surface area (Å²) in [6, 6.07) is 6.25. The average molecular weight is 299 g/mol. The van der Waals surface area contributed by atoms with Gasteiger partial charge in [-0.3, -0.25) is 0 Å². The summed E-state index contributed by atoms with van der Waals surface area (Å²) in [5.74, 6) is 0.611. The van der Waals surface area contributed by atoms with E-state index >= 15 is 0 Å². The second kappa shape index (κ2) is 5.45. The molecule has 3 nitrogen and oxygen atoms in total. The fourth-order valence-electron chi connectivity index (χ4n) is 2.94. The molecule has 1 aromatic carbocycles. The van der Waals surface area contributed by atoms with Crippen molar-refractivity contribution in [2.24, 2.45) is 5.92 Å². The number of hydrogen-bond acceptors (Lipinski definition) is 3. The van der Waals surface area contributed by atoms with Gasteiger partial charge in [0.15, 0.2) is 0 Å². The van der Waals surface area contributed by atoms with Crippen molar-refractivity contribution >= 4 is 12.0 Å². The highest BCUT2D eigenvalue weighted by atomic mass is 16.6. The normalized spacial score (nSPS) is 20.7. The lowest BCUT2D eigenvalue weighted by molar-refractivity contribution is 0.00690. The smallest absolute Gasteiger partial charge is 0.339 e. The number of benzene rings is 1. The molecule has 1 aliphatic heterocycles. The Hall–Kier alpha value is -1.77. The Kier molecular flexibility index (Phi) is 3.75. The van der Waals surface area contributed by atoms with Gasteiger partial charge in [0.1, 0.15) is 5.60 Å². The number of rotatable bonds is 3. The highest BCUT2D eigenvalue weighted by Crippen LogP contribution is 2.37. The Morgan fingerprint density at radius 1 is 1.32 bits per heavy atom. The van der Waals surface area contributed by atoms with E-state index < -0.39 is 5.60 Å². The van der Waals surface area contributed by atoms with Crippen molar-refractivity contribution in [3.05, 3.63) is 41.1 Å². The third-order valence-corrected chi connectivity index (χ3v) is 4.30. The van der Waals surface area contributed by atoms with E-state index in [0.29, 0.717) is 11.6 Å². The van der Waals surface area contributed by atoms with Gasteiger partial charge in [-0.25, -0.2) is 4.79 Å². The third kappa shape index (κ3) is 3.18. The molecule has 3 rings (SSSR count). The second-order valence-electron chi connectivity index (χ2n) is 7.44. The first-order valence-electron chi connectivity index (χ1n) is 8.15. The van der Waals surface area contributed by atoms with Crippen LogP contribution in [0.3, 0.4) is 0 Å². The van der Waals surface area contributed by atoms with Crippen LogP contribution in [0.5, 0.6) is 0 Å². The predicted molar refractivity (Wildman–Crippen MR) is 88.5 cm³/mol. The molecule has 2 aliphatic rings. The van der Waals surface area contributed by atoms with E-state index in [1.165, 1.54) is 18.4 Å². The van der Waals surface area contributed by atoms with E-state index in [1.54, 1.807) is 0 Å². The minimum atomic E-state index is -0.470. The van der Waals surface area contributed by atoms with Gasteiger partial charge in [-0.2, -0.15) is 0 Å². The standard InChI is InChI=1S/C19H25NO2/c1-13-15-6-5-7-17(18(21)22-19(2,3)4)16(15)10-11-20(13)12-14-8-9-14/h5-7,10-11,13-14H,8-9,12H2,1-4H3. The van der Waals surface area contributed by atoms with Crippen LogP contribution in [-0.4, -0.2) is 23.0 Å². The number of fused-ring (bicyclic) bond motifs is 1. The third-order valence-electron chi connectivity index (χ3n) is 4.30. The molecule has 0 saturated heterocycles. The molecule has 0 bridgehead atoms. The first-order valence-corrected chi connectivity index (χ1v) is 8.15. The largest absolute Gasteiger partial charge is 0.456 e. The van der Waals surface area contributed by atoms with Crippen molar-refractivity contribution in [1.29, 1.82) is 0 Å². The Morgan fingerprint density at radius 2 is 2.05 bits per heavy atom. The fourth-order valence-corrected chi connectivity index (χ4v) is 2.94. The van der Waals surface area contributed by atoms with E-state index in [9.17, 15) is 4.79 Å². The number of ether oxygens (including phenoxy) is 1. The van der Waals surface area contributed by atoms with Crippen molar-refractivity contribution in [2.45, 2.75) is 52.2 Å². The molecule has 3 heteroatoms. The topological polar surface area (TPSA) is 29.5 Å². The van der Waals surface area contributed by atoms with Crippen molar-refractivity contribution in [3.63, 3.8) is 0 Å². The monoisotopic (exact) mass is 299 g/mol. The molecule has 0 spiro atoms. The molecule has 0 amide bonds. The van der Waals surface area contributed by atoms with Gasteiger partial charge < -0.3 is 9.64 Å². The van der Waals surface area contributed by atoms with Gasteiger partial charge in [-0.05, 0) is 69.7 Å². The first-order chi connectivity index (χ1) is 10.3. The zero-order valence-electron chi connectivity index (χ0n) is 13.9. The number of carbonyl (C=O) groups excluding carboxylic acids is 1. The molecule has 118 valence electrons. The molecule has 1 aliphatic carbocycles. The van der Waals surface area contributed by atoms with Gasteiger partial charge in [0.2, 0.25) is 0 Å². The van der Waals surface area contributed by atoms with Crippen LogP contribution >= 0.6 is 0 Å². The summed E-state index contributed by atoms with van der Waals surface area (Å²) in [4.78, 5) is 14.8. The van der Waals surface area contributed by atoms with Crippen molar-refractivity contribution in [1.82, 2.24) is 4.90 Å². The van der Waals surface area contributed by atoms with Crippen LogP contribution in [0.15, 0.2) is 24.4 Å². The summed E-state index contributed by atoms with van der Waals surface area (Å²) in [5, 5.41) is 0. The zero-order chi connectivity index (χ0) is 15.9. The molecule has 0 radical (unpaired) electrons. The summed E-state index contributed by atoms with van der Waals surface area (Å²) in [5.41, 5.74) is 2.42. The fraction of sp³-hybridized carbons (Fsp3) is 0.526. The quantitative estimate of drug-likeness (QED) is 0.775. The zero-order valence-corrected chi connectivity index (χ0v) is 13.9. The Balaban J connectivity index is 1.87. The molecular weight excluding hydrogens is 274 g/mol. The van der Waals surface area contributed by atoms with Crippen LogP contribution in [0, 0.1) is 5.92 Å². The lowest BCUT2D eigenvalue weighted by Crippen LogP contribution is -2.28. The van der Waals surface area contributed by atoms with E-state index in [0.717, 1.165) is 18.0 Å². The minimum Gasteiger partial charge on any atom is -0.456 e. The molecule has 1 atom stereocenters. The molecule has 1 fully saturated rings. The van der Waals surface area contributed by atoms with Crippen molar-refractivity contribution in [2.75, 3.05) is 6.54 Å². The van der Waals surface area contributed by atoms with Gasteiger partial charge in [0, 0.05) is 12.7 Å². The summed E-state index contributed by atoms with van der Waals surface area (Å²) >= 11 is 0. The molecule has 22 heavy (non-hydrogen) atoms. The minimum absolute atomic E-state index is 0.239. The molecule has 1 saturated carbocycles. The van der Waals surface area contributed by atoms with Gasteiger partial charge in [-0.1, -0.05) is 12.1 Å². The molecule has 0 aromatic heterocycles. The summed E-state index contributed by atoms with van der Waals surface area (Å²) < 4.78 is 5.54. The highest BCUT2D eigenvalue weighted by molar-refractivity contribution is 5.94. The summed E-state index contributed by atoms with van der Waals surface area (Å²) in [6.45, 7) is 9.03. The Labute approximate surface area is 133 Å². The van der Waals surface area contributed by atoms with Crippen LogP contribution in [0.25, 0.3) is 6.08 Å². The van der Waals surface area contributed by atoms with Gasteiger partial charge in [-0.15, -0.1) is 0 Å². The van der Waals surface area contributed by atoms with Crippen LogP contribution in [0.2, 0.25) is 0 Å². The Morgan fingerprint density at radius 3 is 2.68 bits per heavy atom. The number of carbonyl (C=O) groups is 1. The van der Waals surface area contributed by atoms with Crippen LogP contribution < -0.4 is 0 Å². The molecule has 0 N–H and O–H groups in total. The molecule has 1 unspecified atom stereocenters. The van der Waals surface area contributed by atoms with E-state index in [4.69, 9.17) is 4.74 Å². The van der Waals surface area contributed by atoms with Crippen LogP contribution in [0.1, 0.15) is 68.1 Å². The summed E-state index contributed by atoms with van der Waals surface area (Å²) in [6.07, 6.45) is 6.90. The van der Waals surface area contributed by atoms with Crippen LogP contribution in [0.4, 0.5) is 0 Å². The first kappa shape index (κ1) is 15.1. The van der Waals surface area contributed by atoms with Gasteiger partial charge in [0.25, 0.3) is 0 Å². The lowest BCUT2D eigenvalue weighted by Gasteiger charge is -2.33. The summed E-state index contributed by atoms with van der Waals surface area (Å²) in [7, 11) is 0. The average Bonchev–Trinajstić information content (AvgIpc) is 3.23. The van der Waals surface area contributed by atoms with E-state index in [1.807, 2.05) is 32.9 Å². The number of esters is 1. The molecule has 1 aromatic rings. The highest BCUT2D eigenvalue weighted by Gasteiger charge is 2.29. The van der Waals surface area contributed by atoms with Gasteiger partial charge >= 0.3 is 5.97 Å². The number of nitrogens with zero attached hydrogens (tertiary/aromatic N) is 1. The van der Waals surface area contributed by atoms with Crippen molar-refractivity contribution < 1.29 is 9.53 Å². The van der Waals surface area contributed by atoms with Crippen LogP contribution in [-0.2, 0) is 4.74 Å². The lowest BCUT2D eigenvalue weighted by atomic mass is 9.93. The molecule has 1 heterocycles. The van der Waals surface area contributed by atoms with E-state index in [-0.39, 0.29) is 5.97 Å². The number of hydrogen-bond donors (Lipinski definition) is 0. The Bertz CT molecular complexity index is 608. The maximum absolute atomic E-state index is 12.4. The predicted octanol–water partition coefficient (Wildman–Crippen LogP) is 4.40. The SMILES string of the molecule is CC1c2cccc(C(=O)OC(C)(C)C)c2C=CN1CC1CC1. The van der Waals surface area contributed by atoms with E-state index in [2.05, 4.69) is 30.2 Å². The second-order valence-corrected chi connectivity index (χ2v) is 7.44. The maximum Gasteiger partial charge on any atom is 0.339 e. The van der Waals surface area contributed by atoms with Gasteiger partial charge in [0.05, 0.1) is 11.6 Å². The van der Waals surface area contributed by atoms with Crippen molar-refractivity contribution in [3.8, 4) is 0 Å².